The lowest BCUT2D eigenvalue weighted by Gasteiger charge is -2.21. The standard InChI is InChI=1S/C23H23NO6/c1-2-28-21(25)19-13-20(22(26)29-15-17-9-5-3-6-10-17)24(14-19)23(27)30-16-18-11-7-4-8-12-18/h3-12,14,20H,2,13,15-16H2,1H3/t20-/m0/s1. The normalized spacial score (nSPS) is 15.3. The molecule has 1 heterocycles. The van der Waals surface area contributed by atoms with Crippen LogP contribution < -0.4 is 0 Å². The molecule has 0 radical (unpaired) electrons. The van der Waals surface area contributed by atoms with Crippen LogP contribution in [0.15, 0.2) is 72.4 Å². The number of amides is 1. The quantitative estimate of drug-likeness (QED) is 0.513. The lowest BCUT2D eigenvalue weighted by molar-refractivity contribution is -0.149. The van der Waals surface area contributed by atoms with Crippen LogP contribution in [0.2, 0.25) is 0 Å². The molecule has 2 aromatic rings. The van der Waals surface area contributed by atoms with E-state index in [1.165, 1.54) is 6.20 Å². The van der Waals surface area contributed by atoms with Gasteiger partial charge >= 0.3 is 18.0 Å². The Morgan fingerprint density at radius 2 is 1.43 bits per heavy atom. The van der Waals surface area contributed by atoms with Crippen LogP contribution in [0.5, 0.6) is 0 Å². The molecular weight excluding hydrogens is 386 g/mol. The fraction of sp³-hybridized carbons (Fsp3) is 0.261. The number of hydrogen-bond acceptors (Lipinski definition) is 6. The van der Waals surface area contributed by atoms with Crippen molar-refractivity contribution in [1.82, 2.24) is 4.90 Å². The molecule has 0 unspecified atom stereocenters. The van der Waals surface area contributed by atoms with Gasteiger partial charge in [-0.05, 0) is 18.1 Å². The lowest BCUT2D eigenvalue weighted by atomic mass is 10.1. The van der Waals surface area contributed by atoms with Gasteiger partial charge in [-0.1, -0.05) is 60.7 Å². The molecule has 0 spiro atoms. The third-order valence-electron chi connectivity index (χ3n) is 4.49. The Morgan fingerprint density at radius 1 is 0.867 bits per heavy atom. The van der Waals surface area contributed by atoms with Crippen LogP contribution in [0, 0.1) is 0 Å². The average Bonchev–Trinajstić information content (AvgIpc) is 3.23. The molecule has 1 aliphatic rings. The third kappa shape index (κ3) is 5.47. The average molecular weight is 409 g/mol. The Balaban J connectivity index is 1.68. The van der Waals surface area contributed by atoms with Gasteiger partial charge in [0.05, 0.1) is 12.2 Å². The second-order valence-corrected chi connectivity index (χ2v) is 6.64. The molecule has 0 fully saturated rings. The van der Waals surface area contributed by atoms with Crippen molar-refractivity contribution in [3.63, 3.8) is 0 Å². The van der Waals surface area contributed by atoms with Crippen LogP contribution in [-0.4, -0.2) is 35.6 Å². The minimum Gasteiger partial charge on any atom is -0.463 e. The van der Waals surface area contributed by atoms with Crippen molar-refractivity contribution in [3.8, 4) is 0 Å². The van der Waals surface area contributed by atoms with Crippen molar-refractivity contribution in [2.75, 3.05) is 6.61 Å². The van der Waals surface area contributed by atoms with E-state index in [0.717, 1.165) is 16.0 Å². The highest BCUT2D eigenvalue weighted by Gasteiger charge is 2.39. The first-order valence-corrected chi connectivity index (χ1v) is 9.66. The van der Waals surface area contributed by atoms with E-state index in [2.05, 4.69) is 0 Å². The molecule has 7 heteroatoms. The predicted octanol–water partition coefficient (Wildman–Crippen LogP) is 3.59. The summed E-state index contributed by atoms with van der Waals surface area (Å²) in [5, 5.41) is 0. The molecule has 0 bridgehead atoms. The summed E-state index contributed by atoms with van der Waals surface area (Å²) in [6.07, 6.45) is 0.576. The molecule has 1 aliphatic heterocycles. The number of hydrogen-bond donors (Lipinski definition) is 0. The second-order valence-electron chi connectivity index (χ2n) is 6.64. The summed E-state index contributed by atoms with van der Waals surface area (Å²) >= 11 is 0. The van der Waals surface area contributed by atoms with Gasteiger partial charge in [0.15, 0.2) is 0 Å². The highest BCUT2D eigenvalue weighted by atomic mass is 16.6. The van der Waals surface area contributed by atoms with E-state index in [4.69, 9.17) is 14.2 Å². The Kier molecular flexibility index (Phi) is 7.21. The van der Waals surface area contributed by atoms with Gasteiger partial charge < -0.3 is 14.2 Å². The van der Waals surface area contributed by atoms with Crippen molar-refractivity contribution in [3.05, 3.63) is 83.6 Å². The zero-order valence-corrected chi connectivity index (χ0v) is 16.7. The van der Waals surface area contributed by atoms with E-state index in [9.17, 15) is 14.4 Å². The fourth-order valence-corrected chi connectivity index (χ4v) is 2.97. The maximum Gasteiger partial charge on any atom is 0.414 e. The van der Waals surface area contributed by atoms with Crippen molar-refractivity contribution >= 4 is 18.0 Å². The summed E-state index contributed by atoms with van der Waals surface area (Å²) in [6.45, 7) is 1.99. The summed E-state index contributed by atoms with van der Waals surface area (Å²) in [5.74, 6) is -1.19. The molecule has 1 atom stereocenters. The summed E-state index contributed by atoms with van der Waals surface area (Å²) < 4.78 is 15.7. The minimum absolute atomic E-state index is 0.00684. The van der Waals surface area contributed by atoms with E-state index >= 15 is 0 Å². The fourth-order valence-electron chi connectivity index (χ4n) is 2.97. The van der Waals surface area contributed by atoms with Crippen molar-refractivity contribution in [2.24, 2.45) is 0 Å². The first-order chi connectivity index (χ1) is 14.6. The van der Waals surface area contributed by atoms with Crippen LogP contribution in [0.25, 0.3) is 0 Å². The maximum atomic E-state index is 12.7. The highest BCUT2D eigenvalue weighted by molar-refractivity contribution is 5.93. The molecule has 0 saturated carbocycles. The molecule has 0 aliphatic carbocycles. The highest BCUT2D eigenvalue weighted by Crippen LogP contribution is 2.25. The molecule has 7 nitrogen and oxygen atoms in total. The third-order valence-corrected chi connectivity index (χ3v) is 4.49. The summed E-state index contributed by atoms with van der Waals surface area (Å²) in [6, 6.07) is 17.4. The Bertz CT molecular complexity index is 910. The zero-order chi connectivity index (χ0) is 21.3. The SMILES string of the molecule is CCOC(=O)C1=CN(C(=O)OCc2ccccc2)[C@H](C(=O)OCc2ccccc2)C1. The summed E-state index contributed by atoms with van der Waals surface area (Å²) in [5.41, 5.74) is 1.85. The van der Waals surface area contributed by atoms with Gasteiger partial charge in [0.1, 0.15) is 19.3 Å². The van der Waals surface area contributed by atoms with Gasteiger partial charge in [0.2, 0.25) is 0 Å². The van der Waals surface area contributed by atoms with E-state index in [-0.39, 0.29) is 31.8 Å². The van der Waals surface area contributed by atoms with Gasteiger partial charge in [-0.2, -0.15) is 0 Å². The van der Waals surface area contributed by atoms with Crippen LogP contribution in [-0.2, 0) is 37.0 Å². The number of carbonyl (C=O) groups excluding carboxylic acids is 3. The first kappa shape index (κ1) is 21.1. The molecule has 2 aromatic carbocycles. The minimum atomic E-state index is -0.989. The maximum absolute atomic E-state index is 12.7. The number of esters is 2. The Labute approximate surface area is 174 Å². The molecule has 30 heavy (non-hydrogen) atoms. The Morgan fingerprint density at radius 3 is 2.00 bits per heavy atom. The molecule has 156 valence electrons. The van der Waals surface area contributed by atoms with Crippen molar-refractivity contribution in [1.29, 1.82) is 0 Å². The largest absolute Gasteiger partial charge is 0.463 e. The van der Waals surface area contributed by atoms with Crippen LogP contribution in [0.1, 0.15) is 24.5 Å². The first-order valence-electron chi connectivity index (χ1n) is 9.66. The van der Waals surface area contributed by atoms with Gasteiger partial charge in [-0.25, -0.2) is 14.4 Å². The smallest absolute Gasteiger partial charge is 0.414 e. The molecular formula is C23H23NO6. The van der Waals surface area contributed by atoms with Crippen LogP contribution >= 0.6 is 0 Å². The van der Waals surface area contributed by atoms with E-state index in [0.29, 0.717) is 0 Å². The number of rotatable bonds is 7. The number of ether oxygens (including phenoxy) is 3. The van der Waals surface area contributed by atoms with Crippen molar-refractivity contribution < 1.29 is 28.6 Å². The molecule has 0 N–H and O–H groups in total. The van der Waals surface area contributed by atoms with Gasteiger partial charge in [-0.15, -0.1) is 0 Å². The van der Waals surface area contributed by atoms with E-state index in [1.807, 2.05) is 60.7 Å². The van der Waals surface area contributed by atoms with Crippen molar-refractivity contribution in [2.45, 2.75) is 32.6 Å². The second kappa shape index (κ2) is 10.2. The monoisotopic (exact) mass is 409 g/mol. The van der Waals surface area contributed by atoms with Gasteiger partial charge in [0.25, 0.3) is 0 Å². The topological polar surface area (TPSA) is 82.1 Å². The molecule has 1 amide bonds. The lowest BCUT2D eigenvalue weighted by Crippen LogP contribution is -2.40. The zero-order valence-electron chi connectivity index (χ0n) is 16.7. The van der Waals surface area contributed by atoms with E-state index < -0.39 is 24.1 Å². The van der Waals surface area contributed by atoms with Gasteiger partial charge in [-0.3, -0.25) is 4.90 Å². The number of benzene rings is 2. The predicted molar refractivity (Wildman–Crippen MR) is 108 cm³/mol. The van der Waals surface area contributed by atoms with E-state index in [1.54, 1.807) is 6.92 Å². The number of nitrogens with zero attached hydrogens (tertiary/aromatic N) is 1. The summed E-state index contributed by atoms with van der Waals surface area (Å²) in [4.78, 5) is 38.5. The summed E-state index contributed by atoms with van der Waals surface area (Å²) in [7, 11) is 0. The van der Waals surface area contributed by atoms with Crippen LogP contribution in [0.4, 0.5) is 4.79 Å². The molecule has 0 saturated heterocycles. The van der Waals surface area contributed by atoms with Crippen LogP contribution in [0.3, 0.4) is 0 Å². The molecule has 3 rings (SSSR count). The number of carbonyl (C=O) groups is 3. The Hall–Kier alpha value is -3.61. The van der Waals surface area contributed by atoms with Gasteiger partial charge in [0, 0.05) is 12.6 Å². The molecule has 0 aromatic heterocycles.